The summed E-state index contributed by atoms with van der Waals surface area (Å²) < 4.78 is 6.73. The molecular formula is C42H66As3P. The standard InChI is InChI=1S/C42H66As3P/c1-37(2,3)43(38(4,5)6)31-22-19-25-34(28-31)46(35-26-20-23-32(29-35)44(39(7,8)9)40(10,11)12)36-27-21-24-33(30-36)45(41(13,14)15)42(16,17)18/h19-30H,1-18H3. The summed E-state index contributed by atoms with van der Waals surface area (Å²) in [5, 5.41) is 4.56. The fraction of sp³-hybridized carbons (Fsp3) is 0.571. The Balaban J connectivity index is 2.38. The van der Waals surface area contributed by atoms with Gasteiger partial charge in [-0.1, -0.05) is 0 Å². The maximum absolute atomic E-state index is 2.66. The average molecular weight is 827 g/mol. The zero-order valence-electron chi connectivity index (χ0n) is 32.7. The molecule has 0 unspecified atom stereocenters. The Morgan fingerprint density at radius 2 is 0.522 bits per heavy atom. The Labute approximate surface area is 301 Å². The molecule has 4 heteroatoms. The molecular weight excluding hydrogens is 760 g/mol. The van der Waals surface area contributed by atoms with Gasteiger partial charge in [0.1, 0.15) is 0 Å². The van der Waals surface area contributed by atoms with Crippen LogP contribution in [0.4, 0.5) is 0 Å². The van der Waals surface area contributed by atoms with Crippen LogP contribution in [0.5, 0.6) is 0 Å². The molecule has 0 aliphatic carbocycles. The summed E-state index contributed by atoms with van der Waals surface area (Å²) in [6.07, 6.45) is 0. The van der Waals surface area contributed by atoms with E-state index in [0.717, 1.165) is 0 Å². The van der Waals surface area contributed by atoms with E-state index in [0.29, 0.717) is 25.2 Å². The molecule has 0 aliphatic heterocycles. The molecule has 0 atom stereocenters. The Hall–Kier alpha value is -0.235. The zero-order chi connectivity index (χ0) is 35.3. The molecule has 0 nitrogen and oxygen atoms in total. The molecule has 0 N–H and O–H groups in total. The van der Waals surface area contributed by atoms with Crippen molar-refractivity contribution in [3.63, 3.8) is 0 Å². The first-order valence-electron chi connectivity index (χ1n) is 17.1. The number of rotatable bonds is 6. The molecule has 0 saturated heterocycles. The summed E-state index contributed by atoms with van der Waals surface area (Å²) in [6.45, 7) is 44.7. The zero-order valence-corrected chi connectivity index (χ0v) is 39.2. The first kappa shape index (κ1) is 40.2. The van der Waals surface area contributed by atoms with E-state index in [1.165, 1.54) is 15.9 Å². The molecule has 254 valence electrons. The van der Waals surface area contributed by atoms with E-state index in [9.17, 15) is 0 Å². The van der Waals surface area contributed by atoms with Gasteiger partial charge in [0.2, 0.25) is 0 Å². The van der Waals surface area contributed by atoms with Crippen LogP contribution in [0.25, 0.3) is 0 Å². The Morgan fingerprint density at radius 1 is 0.326 bits per heavy atom. The van der Waals surface area contributed by atoms with Crippen molar-refractivity contribution in [1.82, 2.24) is 0 Å². The van der Waals surface area contributed by atoms with Crippen LogP contribution in [0.15, 0.2) is 72.8 Å². The van der Waals surface area contributed by atoms with E-state index in [1.807, 2.05) is 0 Å². The molecule has 3 rings (SSSR count). The van der Waals surface area contributed by atoms with Crippen LogP contribution >= 0.6 is 7.92 Å². The minimum atomic E-state index is -1.43. The van der Waals surface area contributed by atoms with Gasteiger partial charge in [-0.05, 0) is 0 Å². The summed E-state index contributed by atoms with van der Waals surface area (Å²) >= 11 is -4.30. The molecule has 0 bridgehead atoms. The van der Waals surface area contributed by atoms with Crippen molar-refractivity contribution in [2.75, 3.05) is 0 Å². The fourth-order valence-electron chi connectivity index (χ4n) is 8.10. The van der Waals surface area contributed by atoms with E-state index in [1.54, 1.807) is 13.1 Å². The average Bonchev–Trinajstić information content (AvgIpc) is 2.79. The summed E-state index contributed by atoms with van der Waals surface area (Å²) in [7, 11) is -0.714. The molecule has 3 aromatic carbocycles. The second kappa shape index (κ2) is 14.2. The summed E-state index contributed by atoms with van der Waals surface area (Å²) in [5.74, 6) is 0. The maximum atomic E-state index is 2.66. The van der Waals surface area contributed by atoms with Crippen molar-refractivity contribution in [3.05, 3.63) is 72.8 Å². The van der Waals surface area contributed by atoms with Crippen LogP contribution in [0.2, 0.25) is 25.2 Å². The first-order chi connectivity index (χ1) is 20.6. The Kier molecular flexibility index (Phi) is 12.4. The Bertz CT molecular complexity index is 1240. The van der Waals surface area contributed by atoms with Crippen LogP contribution in [0.3, 0.4) is 0 Å². The van der Waals surface area contributed by atoms with Crippen LogP contribution in [0, 0.1) is 0 Å². The normalized spacial score (nSPS) is 14.2. The SMILES string of the molecule is CC(C)(C)[As](c1cccc(P(c2cccc([As](C(C)(C)C)C(C)(C)C)c2)c2cccc([As](C(C)(C)C)C(C)(C)C)c2)c1)C(C)(C)C. The van der Waals surface area contributed by atoms with E-state index in [-0.39, 0.29) is 0 Å². The fourth-order valence-corrected chi connectivity index (χ4v) is 36.8. The third-order valence-electron chi connectivity index (χ3n) is 8.06. The summed E-state index contributed by atoms with van der Waals surface area (Å²) in [4.78, 5) is 0. The van der Waals surface area contributed by atoms with Gasteiger partial charge in [-0.2, -0.15) is 0 Å². The van der Waals surface area contributed by atoms with Gasteiger partial charge in [0.15, 0.2) is 0 Å². The first-order valence-corrected chi connectivity index (χ1v) is 26.9. The molecule has 0 aliphatic rings. The number of hydrogen-bond donors (Lipinski definition) is 0. The van der Waals surface area contributed by atoms with Crippen molar-refractivity contribution < 1.29 is 0 Å². The second-order valence-corrected chi connectivity index (χ2v) is 45.5. The third-order valence-corrected chi connectivity index (χ3v) is 32.3. The van der Waals surface area contributed by atoms with Crippen molar-refractivity contribution in [1.29, 1.82) is 0 Å². The van der Waals surface area contributed by atoms with Gasteiger partial charge >= 0.3 is 303 Å². The second-order valence-electron chi connectivity index (χ2n) is 18.9. The van der Waals surface area contributed by atoms with Crippen molar-refractivity contribution in [2.24, 2.45) is 0 Å². The van der Waals surface area contributed by atoms with Crippen molar-refractivity contribution in [2.45, 2.75) is 150 Å². The van der Waals surface area contributed by atoms with Gasteiger partial charge in [0.25, 0.3) is 0 Å². The molecule has 0 radical (unpaired) electrons. The van der Waals surface area contributed by atoms with E-state index in [2.05, 4.69) is 197 Å². The molecule has 0 fully saturated rings. The third kappa shape index (κ3) is 9.93. The van der Waals surface area contributed by atoms with Crippen molar-refractivity contribution >= 4 is 80.8 Å². The quantitative estimate of drug-likeness (QED) is 0.172. The van der Waals surface area contributed by atoms with Gasteiger partial charge in [-0.25, -0.2) is 0 Å². The van der Waals surface area contributed by atoms with Gasteiger partial charge < -0.3 is 0 Å². The van der Waals surface area contributed by atoms with E-state index in [4.69, 9.17) is 0 Å². The number of benzene rings is 3. The van der Waals surface area contributed by atoms with Gasteiger partial charge in [0.05, 0.1) is 0 Å². The van der Waals surface area contributed by atoms with Crippen LogP contribution in [0.1, 0.15) is 125 Å². The van der Waals surface area contributed by atoms with E-state index >= 15 is 0 Å². The number of hydrogen-bond acceptors (Lipinski definition) is 0. The minimum absolute atomic E-state index is 0.309. The molecule has 0 heterocycles. The van der Waals surface area contributed by atoms with Crippen LogP contribution in [-0.2, 0) is 0 Å². The molecule has 0 amide bonds. The molecule has 0 saturated carbocycles. The molecule has 3 aromatic rings. The predicted molar refractivity (Wildman–Crippen MR) is 220 cm³/mol. The molecule has 46 heavy (non-hydrogen) atoms. The molecule has 0 aromatic heterocycles. The van der Waals surface area contributed by atoms with Crippen molar-refractivity contribution in [3.8, 4) is 0 Å². The summed E-state index contributed by atoms with van der Waals surface area (Å²) in [6, 6.07) is 29.9. The summed E-state index contributed by atoms with van der Waals surface area (Å²) in [5.41, 5.74) is 0. The Morgan fingerprint density at radius 3 is 0.696 bits per heavy atom. The predicted octanol–water partition coefficient (Wildman–Crippen LogP) is 10.4. The van der Waals surface area contributed by atoms with Crippen LogP contribution in [-0.4, -0.2) is 44.0 Å². The monoisotopic (exact) mass is 826 g/mol. The molecule has 0 spiro atoms. The van der Waals surface area contributed by atoms with Gasteiger partial charge in [0, 0.05) is 0 Å². The van der Waals surface area contributed by atoms with Crippen LogP contribution < -0.4 is 29.0 Å². The van der Waals surface area contributed by atoms with Gasteiger partial charge in [-0.3, -0.25) is 0 Å². The van der Waals surface area contributed by atoms with E-state index < -0.39 is 51.9 Å². The topological polar surface area (TPSA) is 0 Å². The van der Waals surface area contributed by atoms with Gasteiger partial charge in [-0.15, -0.1) is 0 Å².